The van der Waals surface area contributed by atoms with E-state index in [1.807, 2.05) is 0 Å². The van der Waals surface area contributed by atoms with Crippen molar-refractivity contribution in [2.45, 2.75) is 18.2 Å². The Kier molecular flexibility index (Phi) is 7.49. The summed E-state index contributed by atoms with van der Waals surface area (Å²) in [5.41, 5.74) is -0.0598. The normalized spacial score (nSPS) is 11.9. The summed E-state index contributed by atoms with van der Waals surface area (Å²) in [4.78, 5) is 11.4. The van der Waals surface area contributed by atoms with Gasteiger partial charge in [-0.25, -0.2) is 13.2 Å². The lowest BCUT2D eigenvalue weighted by molar-refractivity contribution is -0.274. The SMILES string of the molecule is CCOC(=O)/C(C#N)=C/Nc1ccccc1NS(=O)(=O)c1ccc(OC(F)(F)F)cc1. The Morgan fingerprint density at radius 3 is 2.29 bits per heavy atom. The fraction of sp³-hybridized carbons (Fsp3) is 0.158. The summed E-state index contributed by atoms with van der Waals surface area (Å²) in [6.45, 7) is 1.65. The Balaban J connectivity index is 2.23. The maximum Gasteiger partial charge on any atom is 0.573 e. The van der Waals surface area contributed by atoms with Crippen LogP contribution in [0.1, 0.15) is 6.92 Å². The summed E-state index contributed by atoms with van der Waals surface area (Å²) in [5.74, 6) is -1.42. The molecule has 0 spiro atoms. The van der Waals surface area contributed by atoms with Gasteiger partial charge in [-0.2, -0.15) is 5.26 Å². The van der Waals surface area contributed by atoms with E-state index in [0.29, 0.717) is 0 Å². The lowest BCUT2D eigenvalue weighted by Gasteiger charge is -2.13. The second-order valence-corrected chi connectivity index (χ2v) is 7.39. The number of carbonyl (C=O) groups is 1. The minimum Gasteiger partial charge on any atom is -0.462 e. The molecular formula is C19H16F3N3O5S. The predicted molar refractivity (Wildman–Crippen MR) is 104 cm³/mol. The van der Waals surface area contributed by atoms with Crippen LogP contribution in [0.4, 0.5) is 24.5 Å². The molecule has 0 aliphatic heterocycles. The third-order valence-corrected chi connectivity index (χ3v) is 4.91. The lowest BCUT2D eigenvalue weighted by Crippen LogP contribution is -2.17. The molecule has 2 aromatic rings. The molecule has 0 aliphatic carbocycles. The second kappa shape index (κ2) is 9.86. The largest absolute Gasteiger partial charge is 0.573 e. The van der Waals surface area contributed by atoms with Crippen LogP contribution in [0, 0.1) is 11.3 Å². The van der Waals surface area contributed by atoms with Crippen molar-refractivity contribution in [1.82, 2.24) is 0 Å². The van der Waals surface area contributed by atoms with Crippen molar-refractivity contribution in [2.24, 2.45) is 0 Å². The van der Waals surface area contributed by atoms with E-state index in [0.717, 1.165) is 30.5 Å². The van der Waals surface area contributed by atoms with E-state index in [-0.39, 0.29) is 28.5 Å². The molecule has 0 aromatic heterocycles. The lowest BCUT2D eigenvalue weighted by atomic mass is 10.2. The Labute approximate surface area is 175 Å². The molecule has 2 N–H and O–H groups in total. The Morgan fingerprint density at radius 1 is 1.13 bits per heavy atom. The molecule has 8 nitrogen and oxygen atoms in total. The van der Waals surface area contributed by atoms with Gasteiger partial charge in [-0.1, -0.05) is 12.1 Å². The van der Waals surface area contributed by atoms with E-state index in [4.69, 9.17) is 10.00 Å². The monoisotopic (exact) mass is 455 g/mol. The number of hydrogen-bond acceptors (Lipinski definition) is 7. The number of ether oxygens (including phenoxy) is 2. The number of benzene rings is 2. The topological polar surface area (TPSA) is 118 Å². The number of alkyl halides is 3. The van der Waals surface area contributed by atoms with E-state index >= 15 is 0 Å². The van der Waals surface area contributed by atoms with Gasteiger partial charge in [0.25, 0.3) is 10.0 Å². The molecule has 0 saturated carbocycles. The number of para-hydroxylation sites is 2. The predicted octanol–water partition coefficient (Wildman–Crippen LogP) is 3.77. The van der Waals surface area contributed by atoms with Gasteiger partial charge in [0.2, 0.25) is 0 Å². The van der Waals surface area contributed by atoms with Crippen LogP contribution in [-0.2, 0) is 19.6 Å². The molecule has 0 aliphatic rings. The van der Waals surface area contributed by atoms with E-state index in [1.54, 1.807) is 19.1 Å². The standard InChI is InChI=1S/C19H16F3N3O5S/c1-2-29-18(26)13(11-23)12-24-16-5-3-4-6-17(16)25-31(27,28)15-9-7-14(8-10-15)30-19(20,21)22/h3-10,12,24-25H,2H2,1H3/b13-12+. The summed E-state index contributed by atoms with van der Waals surface area (Å²) in [6.07, 6.45) is -3.84. The summed E-state index contributed by atoms with van der Waals surface area (Å²) in [6, 6.07) is 11.3. The zero-order chi connectivity index (χ0) is 23.1. The van der Waals surface area contributed by atoms with Gasteiger partial charge in [-0.15, -0.1) is 13.2 Å². The van der Waals surface area contributed by atoms with Crippen molar-refractivity contribution in [1.29, 1.82) is 5.26 Å². The molecule has 0 heterocycles. The summed E-state index contributed by atoms with van der Waals surface area (Å²) < 4.78 is 72.6. The molecule has 2 aromatic carbocycles. The van der Waals surface area contributed by atoms with Gasteiger partial charge >= 0.3 is 12.3 Å². The number of carbonyl (C=O) groups excluding carboxylic acids is 1. The highest BCUT2D eigenvalue weighted by Crippen LogP contribution is 2.27. The first kappa shape index (κ1) is 23.6. The molecule has 12 heteroatoms. The quantitative estimate of drug-likeness (QED) is 0.353. The molecule has 0 saturated heterocycles. The molecule has 0 unspecified atom stereocenters. The van der Waals surface area contributed by atoms with Crippen LogP contribution in [0.3, 0.4) is 0 Å². The van der Waals surface area contributed by atoms with Gasteiger partial charge in [-0.3, -0.25) is 4.72 Å². The highest BCUT2D eigenvalue weighted by molar-refractivity contribution is 7.92. The zero-order valence-electron chi connectivity index (χ0n) is 15.9. The Bertz CT molecular complexity index is 1110. The molecule has 0 radical (unpaired) electrons. The molecular weight excluding hydrogens is 439 g/mol. The first-order valence-corrected chi connectivity index (χ1v) is 10.1. The maximum atomic E-state index is 12.6. The summed E-state index contributed by atoms with van der Waals surface area (Å²) >= 11 is 0. The number of esters is 1. The van der Waals surface area contributed by atoms with Crippen LogP contribution in [0.5, 0.6) is 5.75 Å². The van der Waals surface area contributed by atoms with E-state index < -0.39 is 28.1 Å². The van der Waals surface area contributed by atoms with Crippen LogP contribution >= 0.6 is 0 Å². The van der Waals surface area contributed by atoms with E-state index in [1.165, 1.54) is 18.2 Å². The van der Waals surface area contributed by atoms with Gasteiger partial charge in [0.05, 0.1) is 22.9 Å². The number of sulfonamides is 1. The second-order valence-electron chi connectivity index (χ2n) is 5.70. The third kappa shape index (κ3) is 6.93. The first-order chi connectivity index (χ1) is 14.6. The fourth-order valence-corrected chi connectivity index (χ4v) is 3.30. The summed E-state index contributed by atoms with van der Waals surface area (Å²) in [7, 11) is -4.17. The number of rotatable bonds is 8. The van der Waals surface area contributed by atoms with Crippen molar-refractivity contribution in [3.8, 4) is 11.8 Å². The fourth-order valence-electron chi connectivity index (χ4n) is 2.22. The Hall–Kier alpha value is -3.72. The van der Waals surface area contributed by atoms with Crippen LogP contribution < -0.4 is 14.8 Å². The molecule has 164 valence electrons. The average molecular weight is 455 g/mol. The third-order valence-electron chi connectivity index (χ3n) is 3.53. The molecule has 0 atom stereocenters. The van der Waals surface area contributed by atoms with Gasteiger partial charge in [0, 0.05) is 6.20 Å². The van der Waals surface area contributed by atoms with Gasteiger partial charge in [0.15, 0.2) is 5.57 Å². The van der Waals surface area contributed by atoms with E-state index in [9.17, 15) is 26.4 Å². The number of nitriles is 1. The van der Waals surface area contributed by atoms with Crippen molar-refractivity contribution < 1.29 is 35.9 Å². The smallest absolute Gasteiger partial charge is 0.462 e. The van der Waals surface area contributed by atoms with Crippen LogP contribution in [0.2, 0.25) is 0 Å². The zero-order valence-corrected chi connectivity index (χ0v) is 16.8. The van der Waals surface area contributed by atoms with Crippen LogP contribution in [-0.4, -0.2) is 27.4 Å². The molecule has 31 heavy (non-hydrogen) atoms. The number of nitrogens with zero attached hydrogens (tertiary/aromatic N) is 1. The number of hydrogen-bond donors (Lipinski definition) is 2. The molecule has 2 rings (SSSR count). The first-order valence-electron chi connectivity index (χ1n) is 8.57. The van der Waals surface area contributed by atoms with Crippen molar-refractivity contribution >= 4 is 27.4 Å². The van der Waals surface area contributed by atoms with Crippen LogP contribution in [0.15, 0.2) is 65.2 Å². The number of halogens is 3. The molecule has 0 fully saturated rings. The van der Waals surface area contributed by atoms with Crippen molar-refractivity contribution in [3.63, 3.8) is 0 Å². The number of anilines is 2. The van der Waals surface area contributed by atoms with Gasteiger partial charge < -0.3 is 14.8 Å². The van der Waals surface area contributed by atoms with Gasteiger partial charge in [0.1, 0.15) is 11.8 Å². The molecule has 0 bridgehead atoms. The Morgan fingerprint density at radius 2 is 1.74 bits per heavy atom. The van der Waals surface area contributed by atoms with Crippen LogP contribution in [0.25, 0.3) is 0 Å². The highest BCUT2D eigenvalue weighted by atomic mass is 32.2. The highest BCUT2D eigenvalue weighted by Gasteiger charge is 2.31. The number of nitrogens with one attached hydrogen (secondary N) is 2. The van der Waals surface area contributed by atoms with Gasteiger partial charge in [-0.05, 0) is 43.3 Å². The maximum absolute atomic E-state index is 12.6. The van der Waals surface area contributed by atoms with Crippen molar-refractivity contribution in [3.05, 3.63) is 60.3 Å². The minimum atomic E-state index is -4.90. The van der Waals surface area contributed by atoms with Crippen molar-refractivity contribution in [2.75, 3.05) is 16.6 Å². The van der Waals surface area contributed by atoms with E-state index in [2.05, 4.69) is 14.8 Å². The average Bonchev–Trinajstić information content (AvgIpc) is 2.69. The minimum absolute atomic E-state index is 0.0653. The summed E-state index contributed by atoms with van der Waals surface area (Å²) in [5, 5.41) is 11.7. The molecule has 0 amide bonds.